The molecule has 0 aliphatic rings. The van der Waals surface area contributed by atoms with Gasteiger partial charge in [0.1, 0.15) is 12.3 Å². The standard InChI is InChI=1S/C13H15N3O4/c1-3-19-13(17)14-8-11-15-12(16-20-11)9-5-4-6-10(7-9)18-2/h4-7H,3,8H2,1-2H3,(H,14,17). The highest BCUT2D eigenvalue weighted by molar-refractivity contribution is 5.66. The zero-order chi connectivity index (χ0) is 14.4. The van der Waals surface area contributed by atoms with Crippen molar-refractivity contribution in [3.8, 4) is 17.1 Å². The van der Waals surface area contributed by atoms with Gasteiger partial charge in [0.25, 0.3) is 0 Å². The zero-order valence-electron chi connectivity index (χ0n) is 11.3. The predicted octanol–water partition coefficient (Wildman–Crippen LogP) is 1.99. The van der Waals surface area contributed by atoms with E-state index >= 15 is 0 Å². The number of aromatic nitrogens is 2. The van der Waals surface area contributed by atoms with Crippen LogP contribution in [0.3, 0.4) is 0 Å². The normalized spacial score (nSPS) is 10.1. The minimum absolute atomic E-state index is 0.121. The van der Waals surface area contributed by atoms with Crippen molar-refractivity contribution in [3.05, 3.63) is 30.2 Å². The number of alkyl carbamates (subject to hydrolysis) is 1. The molecule has 0 radical (unpaired) electrons. The maximum atomic E-state index is 11.1. The van der Waals surface area contributed by atoms with Crippen LogP contribution in [0, 0.1) is 0 Å². The number of benzene rings is 1. The number of ether oxygens (including phenoxy) is 2. The third-order valence-corrected chi connectivity index (χ3v) is 2.46. The molecule has 2 aromatic rings. The number of hydrogen-bond acceptors (Lipinski definition) is 6. The Labute approximate surface area is 115 Å². The molecule has 0 saturated heterocycles. The first-order chi connectivity index (χ1) is 9.72. The number of rotatable bonds is 5. The van der Waals surface area contributed by atoms with Crippen LogP contribution in [0.2, 0.25) is 0 Å². The number of nitrogens with one attached hydrogen (secondary N) is 1. The summed E-state index contributed by atoms with van der Waals surface area (Å²) in [6.07, 6.45) is -0.520. The first-order valence-corrected chi connectivity index (χ1v) is 6.10. The van der Waals surface area contributed by atoms with E-state index in [0.29, 0.717) is 24.1 Å². The highest BCUT2D eigenvalue weighted by Gasteiger charge is 2.10. The van der Waals surface area contributed by atoms with Gasteiger partial charge in [-0.1, -0.05) is 17.3 Å². The summed E-state index contributed by atoms with van der Waals surface area (Å²) < 4.78 is 14.9. The van der Waals surface area contributed by atoms with Gasteiger partial charge >= 0.3 is 6.09 Å². The second-order valence-electron chi connectivity index (χ2n) is 3.82. The van der Waals surface area contributed by atoms with Crippen molar-refractivity contribution in [3.63, 3.8) is 0 Å². The lowest BCUT2D eigenvalue weighted by Gasteiger charge is -2.01. The molecule has 7 heteroatoms. The summed E-state index contributed by atoms with van der Waals surface area (Å²) in [5.41, 5.74) is 0.774. The van der Waals surface area contributed by atoms with Gasteiger partial charge in [-0.15, -0.1) is 0 Å². The predicted molar refractivity (Wildman–Crippen MR) is 70.1 cm³/mol. The second kappa shape index (κ2) is 6.55. The lowest BCUT2D eigenvalue weighted by atomic mass is 10.2. The number of methoxy groups -OCH3 is 1. The Morgan fingerprint density at radius 2 is 2.30 bits per heavy atom. The van der Waals surface area contributed by atoms with Crippen molar-refractivity contribution in [2.75, 3.05) is 13.7 Å². The van der Waals surface area contributed by atoms with E-state index in [0.717, 1.165) is 5.56 Å². The topological polar surface area (TPSA) is 86.5 Å². The fourth-order valence-electron chi connectivity index (χ4n) is 1.54. The van der Waals surface area contributed by atoms with Crippen molar-refractivity contribution >= 4 is 6.09 Å². The average Bonchev–Trinajstić information content (AvgIpc) is 2.94. The molecule has 0 bridgehead atoms. The van der Waals surface area contributed by atoms with E-state index in [-0.39, 0.29) is 6.54 Å². The molecule has 0 aliphatic heterocycles. The molecular formula is C13H15N3O4. The Morgan fingerprint density at radius 1 is 1.45 bits per heavy atom. The smallest absolute Gasteiger partial charge is 0.407 e. The molecule has 1 aromatic carbocycles. The Morgan fingerprint density at radius 3 is 3.05 bits per heavy atom. The SMILES string of the molecule is CCOC(=O)NCc1nc(-c2cccc(OC)c2)no1. The van der Waals surface area contributed by atoms with Crippen LogP contribution < -0.4 is 10.1 Å². The third-order valence-electron chi connectivity index (χ3n) is 2.46. The highest BCUT2D eigenvalue weighted by atomic mass is 16.5. The van der Waals surface area contributed by atoms with Crippen LogP contribution >= 0.6 is 0 Å². The van der Waals surface area contributed by atoms with Crippen molar-refractivity contribution in [1.29, 1.82) is 0 Å². The van der Waals surface area contributed by atoms with Crippen molar-refractivity contribution in [1.82, 2.24) is 15.5 Å². The summed E-state index contributed by atoms with van der Waals surface area (Å²) in [5, 5.41) is 6.36. The molecule has 0 spiro atoms. The Kier molecular flexibility index (Phi) is 4.54. The molecule has 1 amide bonds. The van der Waals surface area contributed by atoms with Crippen LogP contribution in [0.25, 0.3) is 11.4 Å². The van der Waals surface area contributed by atoms with Crippen LogP contribution in [-0.2, 0) is 11.3 Å². The quantitative estimate of drug-likeness (QED) is 0.899. The first kappa shape index (κ1) is 13.9. The zero-order valence-corrected chi connectivity index (χ0v) is 11.3. The van der Waals surface area contributed by atoms with Gasteiger partial charge in [-0.25, -0.2) is 4.79 Å². The lowest BCUT2D eigenvalue weighted by molar-refractivity contribution is 0.150. The van der Waals surface area contributed by atoms with Crippen LogP contribution in [0.1, 0.15) is 12.8 Å². The van der Waals surface area contributed by atoms with E-state index in [4.69, 9.17) is 14.0 Å². The molecule has 1 aromatic heterocycles. The second-order valence-corrected chi connectivity index (χ2v) is 3.82. The summed E-state index contributed by atoms with van der Waals surface area (Å²) in [4.78, 5) is 15.3. The minimum Gasteiger partial charge on any atom is -0.497 e. The number of amides is 1. The van der Waals surface area contributed by atoms with Crippen LogP contribution in [0.15, 0.2) is 28.8 Å². The monoisotopic (exact) mass is 277 g/mol. The van der Waals surface area contributed by atoms with E-state index < -0.39 is 6.09 Å². The summed E-state index contributed by atoms with van der Waals surface area (Å²) >= 11 is 0. The Balaban J connectivity index is 2.03. The molecule has 20 heavy (non-hydrogen) atoms. The van der Waals surface area contributed by atoms with Gasteiger partial charge in [-0.05, 0) is 19.1 Å². The number of nitrogens with zero attached hydrogens (tertiary/aromatic N) is 2. The summed E-state index contributed by atoms with van der Waals surface area (Å²) in [5.74, 6) is 1.44. The van der Waals surface area contributed by atoms with E-state index in [1.165, 1.54) is 0 Å². The average molecular weight is 277 g/mol. The van der Waals surface area contributed by atoms with Gasteiger partial charge in [0.2, 0.25) is 11.7 Å². The van der Waals surface area contributed by atoms with Crippen molar-refractivity contribution in [2.45, 2.75) is 13.5 Å². The molecule has 1 N–H and O–H groups in total. The number of carbonyl (C=O) groups is 1. The third kappa shape index (κ3) is 3.47. The molecule has 0 fully saturated rings. The molecule has 7 nitrogen and oxygen atoms in total. The molecule has 0 saturated carbocycles. The van der Waals surface area contributed by atoms with Gasteiger partial charge in [-0.2, -0.15) is 4.98 Å². The van der Waals surface area contributed by atoms with E-state index in [1.807, 2.05) is 18.2 Å². The molecule has 0 unspecified atom stereocenters. The van der Waals surface area contributed by atoms with Crippen molar-refractivity contribution in [2.24, 2.45) is 0 Å². The lowest BCUT2D eigenvalue weighted by Crippen LogP contribution is -2.23. The van der Waals surface area contributed by atoms with E-state index in [9.17, 15) is 4.79 Å². The molecule has 1 heterocycles. The fourth-order valence-corrected chi connectivity index (χ4v) is 1.54. The van der Waals surface area contributed by atoms with Gasteiger partial charge in [0, 0.05) is 5.56 Å². The highest BCUT2D eigenvalue weighted by Crippen LogP contribution is 2.21. The fraction of sp³-hybridized carbons (Fsp3) is 0.308. The Bertz CT molecular complexity index is 583. The van der Waals surface area contributed by atoms with E-state index in [1.54, 1.807) is 20.1 Å². The van der Waals surface area contributed by atoms with Crippen molar-refractivity contribution < 1.29 is 18.8 Å². The first-order valence-electron chi connectivity index (χ1n) is 6.10. The largest absolute Gasteiger partial charge is 0.497 e. The van der Waals surface area contributed by atoms with Crippen LogP contribution in [0.5, 0.6) is 5.75 Å². The molecule has 2 rings (SSSR count). The molecular weight excluding hydrogens is 262 g/mol. The minimum atomic E-state index is -0.520. The molecule has 0 aliphatic carbocycles. The van der Waals surface area contributed by atoms with E-state index in [2.05, 4.69) is 15.5 Å². The van der Waals surface area contributed by atoms with Gasteiger partial charge in [0.15, 0.2) is 0 Å². The van der Waals surface area contributed by atoms with Gasteiger partial charge in [0.05, 0.1) is 13.7 Å². The maximum absolute atomic E-state index is 11.1. The maximum Gasteiger partial charge on any atom is 0.407 e. The van der Waals surface area contributed by atoms with Gasteiger partial charge in [-0.3, -0.25) is 0 Å². The summed E-state index contributed by atoms with van der Waals surface area (Å²) in [7, 11) is 1.59. The Hall–Kier alpha value is -2.57. The van der Waals surface area contributed by atoms with Crippen LogP contribution in [0.4, 0.5) is 4.79 Å². The molecule has 0 atom stereocenters. The summed E-state index contributed by atoms with van der Waals surface area (Å²) in [6, 6.07) is 7.30. The summed E-state index contributed by atoms with van der Waals surface area (Å²) in [6.45, 7) is 2.16. The number of hydrogen-bond donors (Lipinski definition) is 1. The number of carbonyl (C=O) groups excluding carboxylic acids is 1. The van der Waals surface area contributed by atoms with Gasteiger partial charge < -0.3 is 19.3 Å². The molecule has 106 valence electrons. The van der Waals surface area contributed by atoms with Crippen LogP contribution in [-0.4, -0.2) is 30.0 Å².